The Labute approximate surface area is 146 Å². The van der Waals surface area contributed by atoms with Crippen molar-refractivity contribution in [2.75, 3.05) is 17.7 Å². The second-order valence-electron chi connectivity index (χ2n) is 5.28. The van der Waals surface area contributed by atoms with Crippen molar-refractivity contribution >= 4 is 33.0 Å². The van der Waals surface area contributed by atoms with Gasteiger partial charge in [-0.15, -0.1) is 0 Å². The third-order valence-corrected chi connectivity index (χ3v) is 5.47. The van der Waals surface area contributed by atoms with Crippen molar-refractivity contribution in [3.05, 3.63) is 59.1 Å². The molecule has 24 heavy (non-hydrogen) atoms. The highest BCUT2D eigenvalue weighted by Gasteiger charge is 2.14. The summed E-state index contributed by atoms with van der Waals surface area (Å²) in [4.78, 5) is 11.4. The minimum absolute atomic E-state index is 0.0296. The second kappa shape index (κ2) is 8.28. The normalized spacial score (nSPS) is 11.2. The van der Waals surface area contributed by atoms with Crippen molar-refractivity contribution in [3.8, 4) is 0 Å². The van der Waals surface area contributed by atoms with E-state index >= 15 is 0 Å². The number of nitrogens with one attached hydrogen (secondary N) is 1. The van der Waals surface area contributed by atoms with Gasteiger partial charge in [0, 0.05) is 10.7 Å². The van der Waals surface area contributed by atoms with Crippen LogP contribution in [0, 0.1) is 0 Å². The lowest BCUT2D eigenvalue weighted by molar-refractivity contribution is -0.118. The van der Waals surface area contributed by atoms with Gasteiger partial charge >= 0.3 is 0 Å². The number of halogens is 1. The molecule has 2 rings (SSSR count). The van der Waals surface area contributed by atoms with Gasteiger partial charge in [0.15, 0.2) is 9.84 Å². The molecule has 0 atom stereocenters. The molecule has 0 aromatic heterocycles. The van der Waals surface area contributed by atoms with Gasteiger partial charge in [-0.05, 0) is 54.8 Å². The summed E-state index contributed by atoms with van der Waals surface area (Å²) in [5.74, 6) is -0.459. The van der Waals surface area contributed by atoms with E-state index in [9.17, 15) is 13.2 Å². The van der Waals surface area contributed by atoms with Crippen LogP contribution in [0.3, 0.4) is 0 Å². The van der Waals surface area contributed by atoms with Gasteiger partial charge in [-0.1, -0.05) is 23.7 Å². The lowest BCUT2D eigenvalue weighted by Crippen LogP contribution is -2.15. The highest BCUT2D eigenvalue weighted by atomic mass is 35.5. The molecule has 0 fully saturated rings. The topological polar surface area (TPSA) is 83.5 Å². The fourth-order valence-electron chi connectivity index (χ4n) is 2.23. The SMILES string of the molecule is O=C(CO)Nc1cccc(CCCS(=O)(=O)c2ccc(Cl)cc2)c1. The molecular weight excluding hydrogens is 350 g/mol. The van der Waals surface area contributed by atoms with Crippen LogP contribution in [-0.4, -0.2) is 31.8 Å². The third kappa shape index (κ3) is 5.33. The average molecular weight is 368 g/mol. The van der Waals surface area contributed by atoms with Crippen molar-refractivity contribution in [2.24, 2.45) is 0 Å². The maximum Gasteiger partial charge on any atom is 0.250 e. The van der Waals surface area contributed by atoms with Crippen molar-refractivity contribution in [1.29, 1.82) is 0 Å². The molecule has 7 heteroatoms. The molecular formula is C17H18ClNO4S. The largest absolute Gasteiger partial charge is 0.387 e. The number of amides is 1. The number of hydrogen-bond acceptors (Lipinski definition) is 4. The lowest BCUT2D eigenvalue weighted by Gasteiger charge is -2.07. The Kier molecular flexibility index (Phi) is 6.36. The van der Waals surface area contributed by atoms with Gasteiger partial charge in [0.25, 0.3) is 0 Å². The fraction of sp³-hybridized carbons (Fsp3) is 0.235. The number of benzene rings is 2. The molecule has 0 saturated carbocycles. The van der Waals surface area contributed by atoms with E-state index in [2.05, 4.69) is 5.32 Å². The molecule has 5 nitrogen and oxygen atoms in total. The van der Waals surface area contributed by atoms with Crippen LogP contribution in [-0.2, 0) is 21.1 Å². The number of sulfone groups is 1. The van der Waals surface area contributed by atoms with Gasteiger partial charge in [0.2, 0.25) is 5.91 Å². The molecule has 0 aliphatic rings. The number of hydrogen-bond donors (Lipinski definition) is 2. The molecule has 0 saturated heterocycles. The van der Waals surface area contributed by atoms with E-state index in [1.165, 1.54) is 12.1 Å². The number of aliphatic hydroxyl groups excluding tert-OH is 1. The fourth-order valence-corrected chi connectivity index (χ4v) is 3.67. The number of carbonyl (C=O) groups is 1. The van der Waals surface area contributed by atoms with Crippen LogP contribution in [0.1, 0.15) is 12.0 Å². The molecule has 1 amide bonds. The van der Waals surface area contributed by atoms with Gasteiger partial charge < -0.3 is 10.4 Å². The predicted molar refractivity (Wildman–Crippen MR) is 94.0 cm³/mol. The first-order chi connectivity index (χ1) is 11.4. The summed E-state index contributed by atoms with van der Waals surface area (Å²) in [6.45, 7) is -0.580. The molecule has 2 N–H and O–H groups in total. The highest BCUT2D eigenvalue weighted by Crippen LogP contribution is 2.17. The molecule has 0 radical (unpaired) electrons. The highest BCUT2D eigenvalue weighted by molar-refractivity contribution is 7.91. The van der Waals surface area contributed by atoms with Crippen LogP contribution in [0.4, 0.5) is 5.69 Å². The maximum absolute atomic E-state index is 12.3. The van der Waals surface area contributed by atoms with Crippen LogP contribution in [0.2, 0.25) is 5.02 Å². The summed E-state index contributed by atoms with van der Waals surface area (Å²) < 4.78 is 24.5. The molecule has 0 unspecified atom stereocenters. The van der Waals surface area contributed by atoms with E-state index in [1.54, 1.807) is 30.3 Å². The van der Waals surface area contributed by atoms with Crippen molar-refractivity contribution < 1.29 is 18.3 Å². The van der Waals surface area contributed by atoms with Gasteiger partial charge in [-0.3, -0.25) is 4.79 Å². The summed E-state index contributed by atoms with van der Waals surface area (Å²) in [5, 5.41) is 11.8. The number of anilines is 1. The quantitative estimate of drug-likeness (QED) is 0.788. The Hall–Kier alpha value is -1.89. The van der Waals surface area contributed by atoms with E-state index in [0.717, 1.165) is 5.56 Å². The summed E-state index contributed by atoms with van der Waals surface area (Å²) in [6, 6.07) is 13.2. The number of aryl methyl sites for hydroxylation is 1. The minimum atomic E-state index is -3.34. The van der Waals surface area contributed by atoms with Gasteiger partial charge in [0.05, 0.1) is 10.6 Å². The Balaban J connectivity index is 1.95. The number of carbonyl (C=O) groups excluding carboxylic acids is 1. The summed E-state index contributed by atoms with van der Waals surface area (Å²) in [7, 11) is -3.34. The zero-order valence-electron chi connectivity index (χ0n) is 12.9. The Bertz CT molecular complexity index is 804. The van der Waals surface area contributed by atoms with E-state index in [-0.39, 0.29) is 10.6 Å². The molecule has 0 spiro atoms. The van der Waals surface area contributed by atoms with Crippen molar-refractivity contribution in [2.45, 2.75) is 17.7 Å². The minimum Gasteiger partial charge on any atom is -0.387 e. The first-order valence-electron chi connectivity index (χ1n) is 7.39. The smallest absolute Gasteiger partial charge is 0.250 e. The third-order valence-electron chi connectivity index (χ3n) is 3.41. The maximum atomic E-state index is 12.3. The Morgan fingerprint density at radius 3 is 2.50 bits per heavy atom. The van der Waals surface area contributed by atoms with E-state index < -0.39 is 22.4 Å². The zero-order chi connectivity index (χ0) is 17.6. The average Bonchev–Trinajstić information content (AvgIpc) is 2.55. The summed E-state index contributed by atoms with van der Waals surface area (Å²) in [5.41, 5.74) is 1.49. The molecule has 0 bridgehead atoms. The lowest BCUT2D eigenvalue weighted by atomic mass is 10.1. The van der Waals surface area contributed by atoms with E-state index in [0.29, 0.717) is 23.6 Å². The molecule has 2 aromatic carbocycles. The van der Waals surface area contributed by atoms with Crippen molar-refractivity contribution in [1.82, 2.24) is 0 Å². The molecule has 0 heterocycles. The van der Waals surface area contributed by atoms with Crippen LogP contribution in [0.25, 0.3) is 0 Å². The Morgan fingerprint density at radius 2 is 1.83 bits per heavy atom. The van der Waals surface area contributed by atoms with Crippen LogP contribution in [0.15, 0.2) is 53.4 Å². The monoisotopic (exact) mass is 367 g/mol. The van der Waals surface area contributed by atoms with Gasteiger partial charge in [-0.2, -0.15) is 0 Å². The predicted octanol–water partition coefficient (Wildman–Crippen LogP) is 2.68. The van der Waals surface area contributed by atoms with Gasteiger partial charge in [0.1, 0.15) is 6.61 Å². The summed E-state index contributed by atoms with van der Waals surface area (Å²) in [6.07, 6.45) is 1.03. The summed E-state index contributed by atoms with van der Waals surface area (Å²) >= 11 is 5.77. The second-order valence-corrected chi connectivity index (χ2v) is 7.83. The van der Waals surface area contributed by atoms with E-state index in [1.807, 2.05) is 6.07 Å². The Morgan fingerprint density at radius 1 is 1.12 bits per heavy atom. The molecule has 0 aliphatic heterocycles. The first kappa shape index (κ1) is 18.4. The van der Waals surface area contributed by atoms with Crippen LogP contribution < -0.4 is 5.32 Å². The van der Waals surface area contributed by atoms with E-state index in [4.69, 9.17) is 16.7 Å². The molecule has 128 valence electrons. The number of rotatable bonds is 7. The van der Waals surface area contributed by atoms with Gasteiger partial charge in [-0.25, -0.2) is 8.42 Å². The molecule has 2 aromatic rings. The van der Waals surface area contributed by atoms with Crippen molar-refractivity contribution in [3.63, 3.8) is 0 Å². The molecule has 0 aliphatic carbocycles. The van der Waals surface area contributed by atoms with Crippen LogP contribution in [0.5, 0.6) is 0 Å². The van der Waals surface area contributed by atoms with Crippen LogP contribution >= 0.6 is 11.6 Å². The zero-order valence-corrected chi connectivity index (χ0v) is 14.5. The number of aliphatic hydroxyl groups is 1. The first-order valence-corrected chi connectivity index (χ1v) is 9.42. The standard InChI is InChI=1S/C17H18ClNO4S/c18-14-6-8-16(9-7-14)24(22,23)10-2-4-13-3-1-5-15(11-13)19-17(21)12-20/h1,3,5-9,11,20H,2,4,10,12H2,(H,19,21).